The Morgan fingerprint density at radius 2 is 1.77 bits per heavy atom. The Morgan fingerprint density at radius 1 is 1.07 bits per heavy atom. The molecule has 0 radical (unpaired) electrons. The maximum absolute atomic E-state index is 14.1. The first kappa shape index (κ1) is 29.2. The fourth-order valence-corrected chi connectivity index (χ4v) is 7.08. The van der Waals surface area contributed by atoms with Crippen molar-refractivity contribution in [1.82, 2.24) is 0 Å². The Labute approximate surface area is 248 Å². The van der Waals surface area contributed by atoms with Gasteiger partial charge < -0.3 is 35.0 Å². The van der Waals surface area contributed by atoms with Crippen molar-refractivity contribution in [2.24, 2.45) is 5.41 Å². The summed E-state index contributed by atoms with van der Waals surface area (Å²) in [4.78, 5) is 79.6. The van der Waals surface area contributed by atoms with E-state index in [2.05, 4.69) is 0 Å². The van der Waals surface area contributed by atoms with E-state index in [9.17, 15) is 49.2 Å². The summed E-state index contributed by atoms with van der Waals surface area (Å²) in [5.74, 6) is -9.82. The number of aliphatic hydroxyl groups is 2. The molecule has 2 bridgehead atoms. The van der Waals surface area contributed by atoms with Gasteiger partial charge in [0.15, 0.2) is 17.3 Å². The monoisotopic (exact) mass is 606 g/mol. The zero-order valence-corrected chi connectivity index (χ0v) is 23.4. The highest BCUT2D eigenvalue weighted by atomic mass is 16.6. The van der Waals surface area contributed by atoms with E-state index >= 15 is 0 Å². The highest BCUT2D eigenvalue weighted by Crippen LogP contribution is 2.58. The smallest absolute Gasteiger partial charge is 0.353 e. The molecule has 0 saturated heterocycles. The molecule has 0 fully saturated rings. The number of carboxylic acid groups (broad SMARTS) is 1. The second-order valence-electron chi connectivity index (χ2n) is 11.6. The second kappa shape index (κ2) is 9.31. The zero-order chi connectivity index (χ0) is 32.1. The van der Waals surface area contributed by atoms with Gasteiger partial charge >= 0.3 is 11.9 Å². The van der Waals surface area contributed by atoms with Crippen molar-refractivity contribution in [2.45, 2.75) is 55.8 Å². The average Bonchev–Trinajstić information content (AvgIpc) is 3.18. The van der Waals surface area contributed by atoms with Crippen LogP contribution in [0.1, 0.15) is 72.9 Å². The summed E-state index contributed by atoms with van der Waals surface area (Å²) in [5, 5.41) is 54.0. The Kier molecular flexibility index (Phi) is 6.18. The number of aliphatic carboxylic acids is 1. The molecule has 2 aromatic carbocycles. The van der Waals surface area contributed by atoms with Crippen LogP contribution in [-0.2, 0) is 25.5 Å². The highest BCUT2D eigenvalue weighted by molar-refractivity contribution is 6.32. The number of hydrogen-bond donors (Lipinski definition) is 5. The van der Waals surface area contributed by atoms with E-state index in [1.54, 1.807) is 6.92 Å². The summed E-state index contributed by atoms with van der Waals surface area (Å²) in [6, 6.07) is 3.76. The molecule has 4 aliphatic carbocycles. The molecule has 5 atom stereocenters. The van der Waals surface area contributed by atoms with Crippen LogP contribution in [0, 0.1) is 12.3 Å². The third-order valence-electron chi connectivity index (χ3n) is 9.19. The molecule has 44 heavy (non-hydrogen) atoms. The van der Waals surface area contributed by atoms with Crippen molar-refractivity contribution in [3.63, 3.8) is 0 Å². The van der Waals surface area contributed by atoms with Gasteiger partial charge in [-0.05, 0) is 49.1 Å². The number of benzene rings is 2. The van der Waals surface area contributed by atoms with E-state index in [4.69, 9.17) is 14.6 Å². The first-order valence-corrected chi connectivity index (χ1v) is 13.6. The lowest BCUT2D eigenvalue weighted by Crippen LogP contribution is -2.67. The van der Waals surface area contributed by atoms with Gasteiger partial charge in [-0.1, -0.05) is 12.2 Å². The molecular weight excluding hydrogens is 580 g/mol. The topological polar surface area (TPSA) is 222 Å². The van der Waals surface area contributed by atoms with Crippen LogP contribution in [0.4, 0.5) is 0 Å². The first-order valence-electron chi connectivity index (χ1n) is 13.6. The predicted octanol–water partition coefficient (Wildman–Crippen LogP) is 1.08. The minimum absolute atomic E-state index is 0.0236. The van der Waals surface area contributed by atoms with Gasteiger partial charge in [-0.3, -0.25) is 24.0 Å². The van der Waals surface area contributed by atoms with Crippen molar-refractivity contribution in [3.05, 3.63) is 63.7 Å². The van der Waals surface area contributed by atoms with Crippen LogP contribution in [0.25, 0.3) is 0 Å². The molecule has 1 heterocycles. The SMILES string of the molecule is COC(=O)[C@]1([C@@H](O)CCC(=O)O)CC(=O)c2c(cc3c(c2O)[C@@H]2C=C[C@@]4(C3)C(=O)c3cc(C)cc(O)c3C(=O)[C@]4(O)C2=O)O1. The maximum atomic E-state index is 14.1. The number of fused-ring (bicyclic) bond motifs is 2. The largest absolute Gasteiger partial charge is 0.507 e. The van der Waals surface area contributed by atoms with Crippen LogP contribution in [0.15, 0.2) is 30.4 Å². The number of allylic oxidation sites excluding steroid dienone is 1. The molecule has 2 aromatic rings. The van der Waals surface area contributed by atoms with Gasteiger partial charge in [0.25, 0.3) is 0 Å². The van der Waals surface area contributed by atoms with Gasteiger partial charge in [-0.2, -0.15) is 0 Å². The third-order valence-corrected chi connectivity index (χ3v) is 9.19. The Hall–Kier alpha value is -4.88. The fourth-order valence-electron chi connectivity index (χ4n) is 7.08. The molecule has 13 nitrogen and oxygen atoms in total. The number of rotatable bonds is 5. The maximum Gasteiger partial charge on any atom is 0.353 e. The number of phenols is 2. The molecule has 0 aromatic heterocycles. The molecule has 7 rings (SSSR count). The van der Waals surface area contributed by atoms with Gasteiger partial charge in [-0.15, -0.1) is 0 Å². The van der Waals surface area contributed by atoms with E-state index in [1.165, 1.54) is 30.4 Å². The number of aryl methyl sites for hydroxylation is 1. The summed E-state index contributed by atoms with van der Waals surface area (Å²) in [6.07, 6.45) is -1.81. The molecule has 228 valence electrons. The Bertz CT molecular complexity index is 1790. The van der Waals surface area contributed by atoms with E-state index in [1.807, 2.05) is 0 Å². The van der Waals surface area contributed by atoms with Crippen molar-refractivity contribution < 1.29 is 63.8 Å². The molecule has 5 aliphatic rings. The second-order valence-corrected chi connectivity index (χ2v) is 11.6. The molecule has 1 spiro atoms. The number of esters is 1. The van der Waals surface area contributed by atoms with Crippen molar-refractivity contribution >= 4 is 35.1 Å². The lowest BCUT2D eigenvalue weighted by atomic mass is 9.54. The van der Waals surface area contributed by atoms with Crippen LogP contribution in [0.3, 0.4) is 0 Å². The first-order chi connectivity index (χ1) is 20.6. The fraction of sp³-hybridized carbons (Fsp3) is 0.355. The number of Topliss-reactive ketones (excluding diaryl/α,β-unsaturated/α-hetero) is 4. The number of hydrogen-bond acceptors (Lipinski definition) is 12. The van der Waals surface area contributed by atoms with Crippen LogP contribution in [0.2, 0.25) is 0 Å². The normalized spacial score (nSPS) is 28.7. The molecular formula is C31H26O13. The minimum Gasteiger partial charge on any atom is -0.507 e. The van der Waals surface area contributed by atoms with Gasteiger partial charge in [0.05, 0.1) is 30.4 Å². The lowest BCUT2D eigenvalue weighted by Gasteiger charge is -2.47. The van der Waals surface area contributed by atoms with Gasteiger partial charge in [-0.25, -0.2) is 4.79 Å². The number of ketones is 4. The summed E-state index contributed by atoms with van der Waals surface area (Å²) < 4.78 is 10.7. The zero-order valence-electron chi connectivity index (χ0n) is 23.4. The van der Waals surface area contributed by atoms with Gasteiger partial charge in [0.1, 0.15) is 28.9 Å². The minimum atomic E-state index is -2.98. The van der Waals surface area contributed by atoms with E-state index in [0.29, 0.717) is 5.56 Å². The van der Waals surface area contributed by atoms with Crippen LogP contribution >= 0.6 is 0 Å². The average molecular weight is 607 g/mol. The number of aliphatic hydroxyl groups excluding tert-OH is 1. The highest BCUT2D eigenvalue weighted by Gasteiger charge is 2.71. The van der Waals surface area contributed by atoms with Crippen molar-refractivity contribution in [2.75, 3.05) is 7.11 Å². The molecule has 13 heteroatoms. The van der Waals surface area contributed by atoms with Crippen molar-refractivity contribution in [3.8, 4) is 17.2 Å². The molecule has 0 amide bonds. The van der Waals surface area contributed by atoms with E-state index in [0.717, 1.165) is 7.11 Å². The van der Waals surface area contributed by atoms with Gasteiger partial charge in [0, 0.05) is 17.5 Å². The number of carbonyl (C=O) groups excluding carboxylic acids is 5. The molecule has 0 unspecified atom stereocenters. The summed E-state index contributed by atoms with van der Waals surface area (Å²) in [6.45, 7) is 1.58. The van der Waals surface area contributed by atoms with E-state index in [-0.39, 0.29) is 16.7 Å². The number of ether oxygens (including phenoxy) is 2. The van der Waals surface area contributed by atoms with Crippen molar-refractivity contribution in [1.29, 1.82) is 0 Å². The van der Waals surface area contributed by atoms with Crippen LogP contribution in [0.5, 0.6) is 17.2 Å². The number of carboxylic acids is 1. The summed E-state index contributed by atoms with van der Waals surface area (Å²) >= 11 is 0. The quantitative estimate of drug-likeness (QED) is 0.183. The standard InChI is InChI=1S/C31H26O13/c1-12-7-15-22(16(32)8-12)27(40)31(42)26(39)14-5-6-29(31,25(15)38)10-13-9-18-23(24(37)21(13)14)17(33)11-30(44-18,28(41)43-2)19(34)3-4-20(35)36/h5-9,14,19,32,34,37,42H,3-4,10-11H2,1-2H3,(H,35,36)/t14-,19-,29+,30+,31+/m0/s1. The molecule has 1 aliphatic heterocycles. The summed E-state index contributed by atoms with van der Waals surface area (Å²) in [5.41, 5.74) is -8.47. The Balaban J connectivity index is 1.55. The Morgan fingerprint density at radius 3 is 2.43 bits per heavy atom. The van der Waals surface area contributed by atoms with Gasteiger partial charge in [0.2, 0.25) is 17.0 Å². The summed E-state index contributed by atoms with van der Waals surface area (Å²) in [7, 11) is 0.976. The third kappa shape index (κ3) is 3.47. The van der Waals surface area contributed by atoms with E-state index < -0.39 is 118 Å². The van der Waals surface area contributed by atoms with Crippen LogP contribution < -0.4 is 4.74 Å². The predicted molar refractivity (Wildman–Crippen MR) is 145 cm³/mol. The number of aromatic hydroxyl groups is 2. The van der Waals surface area contributed by atoms with Crippen LogP contribution in [-0.4, -0.2) is 85.0 Å². The number of carbonyl (C=O) groups is 6. The number of phenolic OH excluding ortho intramolecular Hbond substituents is 2. The molecule has 5 N–H and O–H groups in total. The lowest BCUT2D eigenvalue weighted by molar-refractivity contribution is -0.172. The number of methoxy groups -OCH3 is 1. The molecule has 0 saturated carbocycles.